The summed E-state index contributed by atoms with van der Waals surface area (Å²) in [6, 6.07) is 3.96. The molecule has 11 N–H and O–H groups in total. The number of Topliss-reactive ketones (excluding diaryl/α,β-unsaturated/α-hetero) is 1. The van der Waals surface area contributed by atoms with Crippen LogP contribution in [0.2, 0.25) is 0 Å². The fourth-order valence-corrected chi connectivity index (χ4v) is 8.30. The van der Waals surface area contributed by atoms with E-state index in [-0.39, 0.29) is 62.5 Å². The van der Waals surface area contributed by atoms with Gasteiger partial charge in [0, 0.05) is 31.0 Å². The SMILES string of the molecule is C=CCCCC(=O)N[C@H](C(=O)C[C@@H](CCCNC(N)=O)C(=O)Nc1ccc(COC(=O)N[C@@H](CO[C@H]2OC(CO)[C@H](O)[C@H](O)C2O)[C@H](O)[C@H](C)CCCCCCCCCCCCCC)cc1)C(C)C. The van der Waals surface area contributed by atoms with Crippen molar-refractivity contribution in [2.24, 2.45) is 23.5 Å². The second kappa shape index (κ2) is 35.0. The standard InChI is InChI=1S/C51H87N5O13/c1-6-8-10-11-12-13-14-15-16-17-18-20-22-35(5)44(60)39(33-67-49-47(63)46(62)45(61)41(31-57)69-49)55-51(66)68-32-36-25-27-38(28-26-36)54-48(64)37(23-21-29-53-50(52)65)30-40(58)43(34(3)4)56-42(59)24-19-9-7-2/h7,25-28,34-35,37,39,41,43-47,49,57,60-63H,2,6,8-24,29-33H2,1,3-5H3,(H,54,64)(H,55,66)(H,56,59)(H3,52,53,65)/t35-,37-,39+,41?,43+,44-,45+,46+,47?,49+/m1/s1. The van der Waals surface area contributed by atoms with Crippen LogP contribution in [-0.2, 0) is 35.2 Å². The number of ketones is 1. The Morgan fingerprint density at radius 2 is 1.45 bits per heavy atom. The third-order valence-electron chi connectivity index (χ3n) is 12.7. The number of hydrogen-bond acceptors (Lipinski definition) is 13. The molecule has 1 aromatic rings. The smallest absolute Gasteiger partial charge is 0.407 e. The molecule has 1 aliphatic heterocycles. The minimum absolute atomic E-state index is 0.152. The molecule has 0 aliphatic carbocycles. The first-order valence-electron chi connectivity index (χ1n) is 25.4. The van der Waals surface area contributed by atoms with Crippen molar-refractivity contribution in [3.8, 4) is 0 Å². The van der Waals surface area contributed by atoms with Gasteiger partial charge in [-0.3, -0.25) is 14.4 Å². The van der Waals surface area contributed by atoms with Crippen LogP contribution in [0.5, 0.6) is 0 Å². The molecule has 1 saturated heterocycles. The normalized spacial score (nSPS) is 20.2. The van der Waals surface area contributed by atoms with Crippen molar-refractivity contribution in [2.45, 2.75) is 205 Å². The number of carbonyl (C=O) groups is 5. The number of hydrogen-bond donors (Lipinski definition) is 10. The molecule has 0 saturated carbocycles. The number of unbranched alkanes of at least 4 members (excludes halogenated alkanes) is 12. The van der Waals surface area contributed by atoms with E-state index in [0.29, 0.717) is 36.9 Å². The van der Waals surface area contributed by atoms with Gasteiger partial charge < -0.3 is 66.7 Å². The molecule has 1 heterocycles. The van der Waals surface area contributed by atoms with Crippen LogP contribution in [0.3, 0.4) is 0 Å². The van der Waals surface area contributed by atoms with E-state index in [9.17, 15) is 49.5 Å². The van der Waals surface area contributed by atoms with E-state index in [0.717, 1.165) is 25.7 Å². The molecule has 0 spiro atoms. The number of aliphatic hydroxyl groups is 5. The molecule has 18 heteroatoms. The first-order chi connectivity index (χ1) is 33.0. The van der Waals surface area contributed by atoms with Crippen molar-refractivity contribution in [1.29, 1.82) is 0 Å². The third kappa shape index (κ3) is 24.5. The number of urea groups is 1. The van der Waals surface area contributed by atoms with Gasteiger partial charge in [0.25, 0.3) is 0 Å². The third-order valence-corrected chi connectivity index (χ3v) is 12.7. The summed E-state index contributed by atoms with van der Waals surface area (Å²) in [5.74, 6) is -2.28. The first-order valence-corrected chi connectivity index (χ1v) is 25.4. The topological polar surface area (TPSA) is 288 Å². The summed E-state index contributed by atoms with van der Waals surface area (Å²) >= 11 is 0. The molecule has 0 bridgehead atoms. The lowest BCUT2D eigenvalue weighted by Gasteiger charge is -2.40. The highest BCUT2D eigenvalue weighted by Gasteiger charge is 2.44. The number of nitrogens with one attached hydrogen (secondary N) is 4. The Labute approximate surface area is 410 Å². The van der Waals surface area contributed by atoms with Crippen LogP contribution in [0.15, 0.2) is 36.9 Å². The molecule has 394 valence electrons. The largest absolute Gasteiger partial charge is 0.445 e. The highest BCUT2D eigenvalue weighted by molar-refractivity contribution is 5.97. The highest BCUT2D eigenvalue weighted by atomic mass is 16.7. The van der Waals surface area contributed by atoms with Crippen LogP contribution in [-0.4, -0.2) is 124 Å². The lowest BCUT2D eigenvalue weighted by atomic mass is 9.89. The maximum absolute atomic E-state index is 13.6. The second-order valence-corrected chi connectivity index (χ2v) is 19.0. The van der Waals surface area contributed by atoms with Crippen molar-refractivity contribution < 1.29 is 63.7 Å². The summed E-state index contributed by atoms with van der Waals surface area (Å²) < 4.78 is 16.8. The Morgan fingerprint density at radius 3 is 2.03 bits per heavy atom. The number of primary amides is 1. The minimum atomic E-state index is -1.67. The number of carbonyl (C=O) groups excluding carboxylic acids is 5. The van der Waals surface area contributed by atoms with Crippen LogP contribution >= 0.6 is 0 Å². The van der Waals surface area contributed by atoms with Gasteiger partial charge >= 0.3 is 12.1 Å². The summed E-state index contributed by atoms with van der Waals surface area (Å²) in [7, 11) is 0. The van der Waals surface area contributed by atoms with E-state index in [1.54, 1.807) is 30.3 Å². The van der Waals surface area contributed by atoms with Crippen LogP contribution in [0.1, 0.15) is 155 Å². The van der Waals surface area contributed by atoms with E-state index in [1.165, 1.54) is 51.4 Å². The van der Waals surface area contributed by atoms with Crippen LogP contribution in [0.25, 0.3) is 0 Å². The summed E-state index contributed by atoms with van der Waals surface area (Å²) in [4.78, 5) is 64.3. The van der Waals surface area contributed by atoms with Crippen LogP contribution < -0.4 is 27.0 Å². The van der Waals surface area contributed by atoms with Crippen molar-refractivity contribution >= 4 is 35.4 Å². The maximum atomic E-state index is 13.6. The zero-order valence-corrected chi connectivity index (χ0v) is 41.8. The number of amides is 5. The van der Waals surface area contributed by atoms with Gasteiger partial charge in [-0.1, -0.05) is 123 Å². The zero-order chi connectivity index (χ0) is 51.1. The Balaban J connectivity index is 2.05. The number of ether oxygens (including phenoxy) is 3. The van der Waals surface area contributed by atoms with E-state index >= 15 is 0 Å². The van der Waals surface area contributed by atoms with Crippen LogP contribution in [0.4, 0.5) is 15.3 Å². The molecule has 0 aromatic heterocycles. The van der Waals surface area contributed by atoms with E-state index in [4.69, 9.17) is 19.9 Å². The number of alkyl carbamates (subject to hydrolysis) is 1. The Morgan fingerprint density at radius 1 is 0.826 bits per heavy atom. The fraction of sp³-hybridized carbons (Fsp3) is 0.745. The van der Waals surface area contributed by atoms with Gasteiger partial charge in [-0.15, -0.1) is 6.58 Å². The molecule has 2 unspecified atom stereocenters. The van der Waals surface area contributed by atoms with Crippen molar-refractivity contribution in [3.05, 3.63) is 42.5 Å². The van der Waals surface area contributed by atoms with Gasteiger partial charge in [0.15, 0.2) is 12.1 Å². The molecule has 1 fully saturated rings. The monoisotopic (exact) mass is 978 g/mol. The zero-order valence-electron chi connectivity index (χ0n) is 41.8. The molecular formula is C51H87N5O13. The molecule has 10 atom stereocenters. The number of nitrogens with two attached hydrogens (primary N) is 1. The van der Waals surface area contributed by atoms with Crippen molar-refractivity contribution in [3.63, 3.8) is 0 Å². The fourth-order valence-electron chi connectivity index (χ4n) is 8.30. The molecule has 69 heavy (non-hydrogen) atoms. The summed E-state index contributed by atoms with van der Waals surface area (Å²) in [6.07, 6.45) is 9.09. The van der Waals surface area contributed by atoms with E-state index in [2.05, 4.69) is 34.8 Å². The number of anilines is 1. The molecule has 1 aliphatic rings. The minimum Gasteiger partial charge on any atom is -0.445 e. The Kier molecular flexibility index (Phi) is 30.9. The van der Waals surface area contributed by atoms with Gasteiger partial charge in [0.2, 0.25) is 11.8 Å². The summed E-state index contributed by atoms with van der Waals surface area (Å²) in [5, 5.41) is 63.0. The Bertz CT molecular complexity index is 1630. The molecule has 2 rings (SSSR count). The van der Waals surface area contributed by atoms with Crippen molar-refractivity contribution in [2.75, 3.05) is 25.1 Å². The van der Waals surface area contributed by atoms with Gasteiger partial charge in [-0.25, -0.2) is 9.59 Å². The van der Waals surface area contributed by atoms with Gasteiger partial charge in [-0.05, 0) is 61.6 Å². The lowest BCUT2D eigenvalue weighted by Crippen LogP contribution is -2.60. The van der Waals surface area contributed by atoms with Gasteiger partial charge in [-0.2, -0.15) is 0 Å². The predicted octanol–water partition coefficient (Wildman–Crippen LogP) is 5.65. The highest BCUT2D eigenvalue weighted by Crippen LogP contribution is 2.25. The second-order valence-electron chi connectivity index (χ2n) is 19.0. The van der Waals surface area contributed by atoms with Gasteiger partial charge in [0.05, 0.1) is 31.4 Å². The van der Waals surface area contributed by atoms with Crippen LogP contribution in [0, 0.1) is 17.8 Å². The lowest BCUT2D eigenvalue weighted by molar-refractivity contribution is -0.303. The average Bonchev–Trinajstić information content (AvgIpc) is 3.32. The number of aliphatic hydroxyl groups excluding tert-OH is 5. The van der Waals surface area contributed by atoms with Crippen molar-refractivity contribution in [1.82, 2.24) is 16.0 Å². The number of benzene rings is 1. The molecule has 5 amide bonds. The predicted molar refractivity (Wildman–Crippen MR) is 264 cm³/mol. The van der Waals surface area contributed by atoms with E-state index < -0.39 is 79.4 Å². The Hall–Kier alpha value is -4.17. The van der Waals surface area contributed by atoms with E-state index in [1.807, 2.05) is 20.8 Å². The van der Waals surface area contributed by atoms with Gasteiger partial charge in [0.1, 0.15) is 31.0 Å². The first kappa shape index (κ1) is 61.0. The quantitative estimate of drug-likeness (QED) is 0.0286. The molecule has 0 radical (unpaired) electrons. The number of allylic oxidation sites excluding steroid dienone is 1. The number of rotatable bonds is 37. The summed E-state index contributed by atoms with van der Waals surface area (Å²) in [6.45, 7) is 10.4. The molecular weight excluding hydrogens is 891 g/mol. The summed E-state index contributed by atoms with van der Waals surface area (Å²) in [5.41, 5.74) is 6.17. The molecule has 1 aromatic carbocycles. The maximum Gasteiger partial charge on any atom is 0.407 e. The average molecular weight is 978 g/mol. The molecule has 18 nitrogen and oxygen atoms in total.